The highest BCUT2D eigenvalue weighted by atomic mass is 16.2. The molecule has 0 N–H and O–H groups in total. The largest absolute Gasteiger partial charge is 0.341 e. The van der Waals surface area contributed by atoms with Gasteiger partial charge in [-0.25, -0.2) is 9.20 Å². The van der Waals surface area contributed by atoms with Crippen molar-refractivity contribution in [2.75, 3.05) is 13.1 Å². The first-order valence-electron chi connectivity index (χ1n) is 8.94. The highest BCUT2D eigenvalue weighted by molar-refractivity contribution is 5.76. The molecule has 1 aliphatic heterocycles. The quantitative estimate of drug-likeness (QED) is 0.722. The molecule has 2 aromatic heterocycles. The molecule has 0 spiro atoms. The van der Waals surface area contributed by atoms with Gasteiger partial charge < -0.3 is 4.90 Å². The molecule has 3 aromatic rings. The van der Waals surface area contributed by atoms with Gasteiger partial charge in [0.15, 0.2) is 0 Å². The number of piperidine rings is 1. The second-order valence-electron chi connectivity index (χ2n) is 6.64. The van der Waals surface area contributed by atoms with E-state index in [9.17, 15) is 9.59 Å². The lowest BCUT2D eigenvalue weighted by Gasteiger charge is -2.26. The normalized spacial score (nSPS) is 14.7. The van der Waals surface area contributed by atoms with Gasteiger partial charge in [0.2, 0.25) is 5.91 Å². The summed E-state index contributed by atoms with van der Waals surface area (Å²) in [6, 6.07) is 11.4. The third kappa shape index (κ3) is 3.00. The van der Waals surface area contributed by atoms with Gasteiger partial charge in [-0.3, -0.25) is 9.59 Å². The first-order valence-corrected chi connectivity index (χ1v) is 8.94. The Morgan fingerprint density at radius 2 is 1.81 bits per heavy atom. The summed E-state index contributed by atoms with van der Waals surface area (Å²) in [6.45, 7) is 3.29. The van der Waals surface area contributed by atoms with Crippen LogP contribution in [0.3, 0.4) is 0 Å². The standard InChI is InChI=1S/C19H21N5O2/c1-14-20-23(13-18(25)22-10-6-3-7-11-22)19(26)17-12-16(21-24(14)17)15-8-4-2-5-9-15/h2,4-5,8-9,12H,3,6-7,10-11,13H2,1H3. The predicted octanol–water partition coefficient (Wildman–Crippen LogP) is 1.88. The van der Waals surface area contributed by atoms with Gasteiger partial charge in [0.1, 0.15) is 17.9 Å². The Morgan fingerprint density at radius 3 is 2.54 bits per heavy atom. The van der Waals surface area contributed by atoms with Crippen LogP contribution < -0.4 is 5.56 Å². The lowest BCUT2D eigenvalue weighted by atomic mass is 10.1. The molecule has 0 aliphatic carbocycles. The lowest BCUT2D eigenvalue weighted by Crippen LogP contribution is -2.40. The van der Waals surface area contributed by atoms with Gasteiger partial charge in [0, 0.05) is 18.7 Å². The third-order valence-corrected chi connectivity index (χ3v) is 4.80. The molecular weight excluding hydrogens is 330 g/mol. The molecule has 7 heteroatoms. The topological polar surface area (TPSA) is 72.5 Å². The third-order valence-electron chi connectivity index (χ3n) is 4.80. The van der Waals surface area contributed by atoms with Gasteiger partial charge >= 0.3 is 0 Å². The van der Waals surface area contributed by atoms with Crippen molar-refractivity contribution in [2.24, 2.45) is 0 Å². The molecule has 134 valence electrons. The summed E-state index contributed by atoms with van der Waals surface area (Å²) in [6.07, 6.45) is 3.20. The number of aromatic nitrogens is 4. The van der Waals surface area contributed by atoms with Gasteiger partial charge in [-0.1, -0.05) is 30.3 Å². The number of amides is 1. The molecule has 1 aromatic carbocycles. The average Bonchev–Trinajstić information content (AvgIpc) is 3.14. The van der Waals surface area contributed by atoms with Crippen molar-refractivity contribution in [2.45, 2.75) is 32.7 Å². The van der Waals surface area contributed by atoms with Crippen LogP contribution in [0.4, 0.5) is 0 Å². The van der Waals surface area contributed by atoms with Gasteiger partial charge in [-0.05, 0) is 32.3 Å². The Bertz CT molecular complexity index is 1000. The van der Waals surface area contributed by atoms with E-state index >= 15 is 0 Å². The zero-order chi connectivity index (χ0) is 18.1. The van der Waals surface area contributed by atoms with Gasteiger partial charge in [0.05, 0.1) is 5.69 Å². The molecular formula is C19H21N5O2. The number of aryl methyl sites for hydroxylation is 1. The second-order valence-corrected chi connectivity index (χ2v) is 6.64. The minimum absolute atomic E-state index is 0.0258. The van der Waals surface area contributed by atoms with Crippen molar-refractivity contribution >= 4 is 11.4 Å². The van der Waals surface area contributed by atoms with Crippen LogP contribution in [0.15, 0.2) is 41.2 Å². The fourth-order valence-electron chi connectivity index (χ4n) is 3.40. The van der Waals surface area contributed by atoms with Gasteiger partial charge in [-0.15, -0.1) is 0 Å². The predicted molar refractivity (Wildman–Crippen MR) is 97.9 cm³/mol. The molecule has 0 atom stereocenters. The van der Waals surface area contributed by atoms with E-state index in [1.807, 2.05) is 35.2 Å². The molecule has 1 saturated heterocycles. The number of fused-ring (bicyclic) bond motifs is 1. The SMILES string of the molecule is Cc1nn(CC(=O)N2CCCCC2)c(=O)c2cc(-c3ccccc3)nn12. The number of carbonyl (C=O) groups is 1. The molecule has 1 amide bonds. The first kappa shape index (κ1) is 16.5. The van der Waals surface area contributed by atoms with E-state index in [4.69, 9.17) is 0 Å². The summed E-state index contributed by atoms with van der Waals surface area (Å²) in [5, 5.41) is 8.80. The maximum absolute atomic E-state index is 12.8. The van der Waals surface area contributed by atoms with Crippen molar-refractivity contribution in [3.63, 3.8) is 0 Å². The van der Waals surface area contributed by atoms with Crippen molar-refractivity contribution in [1.29, 1.82) is 0 Å². The maximum Gasteiger partial charge on any atom is 0.293 e. The number of benzene rings is 1. The smallest absolute Gasteiger partial charge is 0.293 e. The highest BCUT2D eigenvalue weighted by Gasteiger charge is 2.19. The minimum Gasteiger partial charge on any atom is -0.341 e. The van der Waals surface area contributed by atoms with Crippen LogP contribution in [0, 0.1) is 6.92 Å². The molecule has 7 nitrogen and oxygen atoms in total. The number of hydrogen-bond acceptors (Lipinski definition) is 4. The molecule has 1 aliphatic rings. The zero-order valence-electron chi connectivity index (χ0n) is 14.8. The Morgan fingerprint density at radius 1 is 1.08 bits per heavy atom. The Balaban J connectivity index is 1.69. The number of likely N-dealkylation sites (tertiary alicyclic amines) is 1. The summed E-state index contributed by atoms with van der Waals surface area (Å²) in [7, 11) is 0. The Hall–Kier alpha value is -2.96. The van der Waals surface area contributed by atoms with E-state index in [0.29, 0.717) is 17.0 Å². The maximum atomic E-state index is 12.8. The highest BCUT2D eigenvalue weighted by Crippen LogP contribution is 2.18. The molecule has 4 rings (SSSR count). The average molecular weight is 351 g/mol. The summed E-state index contributed by atoms with van der Waals surface area (Å²) in [4.78, 5) is 27.1. The molecule has 3 heterocycles. The lowest BCUT2D eigenvalue weighted by molar-refractivity contribution is -0.133. The van der Waals surface area contributed by atoms with Crippen molar-refractivity contribution < 1.29 is 4.79 Å². The number of carbonyl (C=O) groups excluding carboxylic acids is 1. The van der Waals surface area contributed by atoms with E-state index in [1.54, 1.807) is 17.5 Å². The molecule has 1 fully saturated rings. The number of rotatable bonds is 3. The van der Waals surface area contributed by atoms with Crippen LogP contribution in [0.5, 0.6) is 0 Å². The van der Waals surface area contributed by atoms with Crippen LogP contribution in [0.25, 0.3) is 16.8 Å². The van der Waals surface area contributed by atoms with E-state index in [-0.39, 0.29) is 18.0 Å². The Kier molecular flexibility index (Phi) is 4.28. The van der Waals surface area contributed by atoms with Crippen molar-refractivity contribution in [1.82, 2.24) is 24.3 Å². The van der Waals surface area contributed by atoms with Crippen molar-refractivity contribution in [3.8, 4) is 11.3 Å². The number of hydrogen-bond donors (Lipinski definition) is 0. The second kappa shape index (κ2) is 6.74. The van der Waals surface area contributed by atoms with Gasteiger partial charge in [0.25, 0.3) is 5.56 Å². The zero-order valence-corrected chi connectivity index (χ0v) is 14.8. The van der Waals surface area contributed by atoms with Crippen LogP contribution in [-0.4, -0.2) is 43.3 Å². The molecule has 0 bridgehead atoms. The summed E-state index contributed by atoms with van der Waals surface area (Å²) in [5.74, 6) is 0.527. The van der Waals surface area contributed by atoms with E-state index < -0.39 is 0 Å². The molecule has 26 heavy (non-hydrogen) atoms. The van der Waals surface area contributed by atoms with E-state index in [0.717, 1.165) is 37.9 Å². The molecule has 0 saturated carbocycles. The summed E-state index contributed by atoms with van der Waals surface area (Å²) < 4.78 is 2.81. The van der Waals surface area contributed by atoms with E-state index in [2.05, 4.69) is 10.2 Å². The fraction of sp³-hybridized carbons (Fsp3) is 0.368. The number of nitrogens with zero attached hydrogens (tertiary/aromatic N) is 5. The summed E-state index contributed by atoms with van der Waals surface area (Å²) in [5.41, 5.74) is 1.79. The van der Waals surface area contributed by atoms with Crippen LogP contribution >= 0.6 is 0 Å². The van der Waals surface area contributed by atoms with Crippen LogP contribution in [0.1, 0.15) is 25.1 Å². The van der Waals surface area contributed by atoms with E-state index in [1.165, 1.54) is 4.68 Å². The fourth-order valence-corrected chi connectivity index (χ4v) is 3.40. The van der Waals surface area contributed by atoms with Crippen LogP contribution in [0.2, 0.25) is 0 Å². The summed E-state index contributed by atoms with van der Waals surface area (Å²) >= 11 is 0. The minimum atomic E-state index is -0.296. The molecule has 0 radical (unpaired) electrons. The Labute approximate surface area is 150 Å². The van der Waals surface area contributed by atoms with Crippen molar-refractivity contribution in [3.05, 3.63) is 52.6 Å². The molecule has 0 unspecified atom stereocenters. The first-order chi connectivity index (χ1) is 12.6. The van der Waals surface area contributed by atoms with Gasteiger partial charge in [-0.2, -0.15) is 10.2 Å². The monoisotopic (exact) mass is 351 g/mol. The van der Waals surface area contributed by atoms with Crippen LogP contribution in [-0.2, 0) is 11.3 Å².